The van der Waals surface area contributed by atoms with Gasteiger partial charge in [-0.3, -0.25) is 4.79 Å². The smallest absolute Gasteiger partial charge is 0.406 e. The van der Waals surface area contributed by atoms with Crippen LogP contribution in [0.2, 0.25) is 0 Å². The minimum atomic E-state index is -4.74. The maximum absolute atomic E-state index is 12.3. The third-order valence-corrected chi connectivity index (χ3v) is 4.23. The SMILES string of the molecule is CC(Nc1ccc2c(c1)CCC2)C(=O)Nc1ccc(OC(F)(F)F)cc1. The Balaban J connectivity index is 1.57. The van der Waals surface area contributed by atoms with Gasteiger partial charge in [0.25, 0.3) is 0 Å². The van der Waals surface area contributed by atoms with Crippen molar-refractivity contribution in [3.8, 4) is 5.75 Å². The molecule has 26 heavy (non-hydrogen) atoms. The molecular weight excluding hydrogens is 345 g/mol. The van der Waals surface area contributed by atoms with E-state index in [4.69, 9.17) is 0 Å². The summed E-state index contributed by atoms with van der Waals surface area (Å²) in [7, 11) is 0. The van der Waals surface area contributed by atoms with Gasteiger partial charge >= 0.3 is 6.36 Å². The zero-order valence-electron chi connectivity index (χ0n) is 14.2. The molecule has 3 rings (SSSR count). The molecule has 2 N–H and O–H groups in total. The molecule has 1 aliphatic rings. The third kappa shape index (κ3) is 4.68. The van der Waals surface area contributed by atoms with Crippen molar-refractivity contribution < 1.29 is 22.7 Å². The Hall–Kier alpha value is -2.70. The van der Waals surface area contributed by atoms with E-state index in [0.29, 0.717) is 5.69 Å². The van der Waals surface area contributed by atoms with Crippen molar-refractivity contribution in [1.29, 1.82) is 0 Å². The maximum Gasteiger partial charge on any atom is 0.573 e. The van der Waals surface area contributed by atoms with Crippen molar-refractivity contribution >= 4 is 17.3 Å². The van der Waals surface area contributed by atoms with Crippen molar-refractivity contribution in [1.82, 2.24) is 0 Å². The fourth-order valence-electron chi connectivity index (χ4n) is 2.97. The van der Waals surface area contributed by atoms with E-state index >= 15 is 0 Å². The number of aryl methyl sites for hydroxylation is 2. The van der Waals surface area contributed by atoms with Gasteiger partial charge in [0.15, 0.2) is 0 Å². The lowest BCUT2D eigenvalue weighted by atomic mass is 10.1. The third-order valence-electron chi connectivity index (χ3n) is 4.23. The van der Waals surface area contributed by atoms with Gasteiger partial charge in [0.05, 0.1) is 0 Å². The second-order valence-electron chi connectivity index (χ2n) is 6.26. The molecule has 0 fully saturated rings. The van der Waals surface area contributed by atoms with Crippen LogP contribution < -0.4 is 15.4 Å². The first-order chi connectivity index (χ1) is 12.3. The van der Waals surface area contributed by atoms with E-state index in [-0.39, 0.29) is 11.7 Å². The molecule has 1 atom stereocenters. The lowest BCUT2D eigenvalue weighted by Crippen LogP contribution is -2.31. The van der Waals surface area contributed by atoms with Gasteiger partial charge in [-0.05, 0) is 73.7 Å². The number of amides is 1. The fourth-order valence-corrected chi connectivity index (χ4v) is 2.97. The van der Waals surface area contributed by atoms with Crippen LogP contribution in [0.25, 0.3) is 0 Å². The first-order valence-electron chi connectivity index (χ1n) is 8.35. The Morgan fingerprint density at radius 2 is 1.69 bits per heavy atom. The van der Waals surface area contributed by atoms with E-state index in [0.717, 1.165) is 37.1 Å². The quantitative estimate of drug-likeness (QED) is 0.821. The second-order valence-corrected chi connectivity index (χ2v) is 6.26. The van der Waals surface area contributed by atoms with Crippen molar-refractivity contribution in [3.05, 3.63) is 53.6 Å². The molecule has 0 saturated heterocycles. The molecule has 1 unspecified atom stereocenters. The molecule has 0 aliphatic heterocycles. The molecule has 0 bridgehead atoms. The monoisotopic (exact) mass is 364 g/mol. The number of alkyl halides is 3. The summed E-state index contributed by atoms with van der Waals surface area (Å²) in [4.78, 5) is 12.3. The normalized spacial score (nSPS) is 14.5. The van der Waals surface area contributed by atoms with Crippen molar-refractivity contribution in [2.75, 3.05) is 10.6 Å². The van der Waals surface area contributed by atoms with E-state index in [1.54, 1.807) is 6.92 Å². The summed E-state index contributed by atoms with van der Waals surface area (Å²) in [6.07, 6.45) is -1.43. The summed E-state index contributed by atoms with van der Waals surface area (Å²) in [5.41, 5.74) is 3.94. The van der Waals surface area contributed by atoms with E-state index in [1.165, 1.54) is 23.3 Å². The molecule has 0 spiro atoms. The number of carbonyl (C=O) groups excluding carboxylic acids is 1. The highest BCUT2D eigenvalue weighted by molar-refractivity contribution is 5.96. The lowest BCUT2D eigenvalue weighted by Gasteiger charge is -2.16. The first-order valence-corrected chi connectivity index (χ1v) is 8.35. The largest absolute Gasteiger partial charge is 0.573 e. The van der Waals surface area contributed by atoms with Crippen LogP contribution in [0.5, 0.6) is 5.75 Å². The standard InChI is InChI=1S/C19H19F3N2O2/c1-12(23-16-6-5-13-3-2-4-14(13)11-16)18(25)24-15-7-9-17(10-8-15)26-19(20,21)22/h5-12,23H,2-4H2,1H3,(H,24,25). The molecule has 0 radical (unpaired) electrons. The molecular formula is C19H19F3N2O2. The molecule has 2 aromatic rings. The summed E-state index contributed by atoms with van der Waals surface area (Å²) in [5.74, 6) is -0.616. The van der Waals surface area contributed by atoms with Crippen LogP contribution >= 0.6 is 0 Å². The maximum atomic E-state index is 12.3. The molecule has 138 valence electrons. The zero-order chi connectivity index (χ0) is 18.7. The predicted octanol–water partition coefficient (Wildman–Crippen LogP) is 4.51. The molecule has 4 nitrogen and oxygen atoms in total. The number of ether oxygens (including phenoxy) is 1. The van der Waals surface area contributed by atoms with Gasteiger partial charge in [0.2, 0.25) is 5.91 Å². The van der Waals surface area contributed by atoms with Gasteiger partial charge in [-0.15, -0.1) is 13.2 Å². The van der Waals surface area contributed by atoms with E-state index in [9.17, 15) is 18.0 Å². The Labute approximate surface area is 149 Å². The summed E-state index contributed by atoms with van der Waals surface area (Å²) in [5, 5.41) is 5.81. The van der Waals surface area contributed by atoms with Crippen molar-refractivity contribution in [3.63, 3.8) is 0 Å². The highest BCUT2D eigenvalue weighted by Gasteiger charge is 2.31. The van der Waals surface area contributed by atoms with Crippen LogP contribution in [-0.2, 0) is 17.6 Å². The summed E-state index contributed by atoms with van der Waals surface area (Å²) in [6.45, 7) is 1.73. The van der Waals surface area contributed by atoms with Gasteiger partial charge in [-0.1, -0.05) is 6.07 Å². The number of nitrogens with one attached hydrogen (secondary N) is 2. The molecule has 0 aromatic heterocycles. The zero-order valence-corrected chi connectivity index (χ0v) is 14.2. The molecule has 2 aromatic carbocycles. The van der Waals surface area contributed by atoms with Crippen molar-refractivity contribution in [2.45, 2.75) is 38.6 Å². The molecule has 0 saturated carbocycles. The summed E-state index contributed by atoms with van der Waals surface area (Å²) in [6, 6.07) is 10.6. The number of fused-ring (bicyclic) bond motifs is 1. The average molecular weight is 364 g/mol. The summed E-state index contributed by atoms with van der Waals surface area (Å²) >= 11 is 0. The van der Waals surface area contributed by atoms with Crippen LogP contribution in [0.15, 0.2) is 42.5 Å². The van der Waals surface area contributed by atoms with Crippen LogP contribution in [0.3, 0.4) is 0 Å². The van der Waals surface area contributed by atoms with Crippen LogP contribution in [0.1, 0.15) is 24.5 Å². The number of halogens is 3. The van der Waals surface area contributed by atoms with Gasteiger partial charge in [0, 0.05) is 11.4 Å². The molecule has 0 heterocycles. The molecule has 1 aliphatic carbocycles. The number of rotatable bonds is 5. The Kier molecular flexibility index (Phi) is 5.06. The first kappa shape index (κ1) is 18.1. The highest BCUT2D eigenvalue weighted by atomic mass is 19.4. The van der Waals surface area contributed by atoms with Crippen LogP contribution in [0.4, 0.5) is 24.5 Å². The fraction of sp³-hybridized carbons (Fsp3) is 0.316. The lowest BCUT2D eigenvalue weighted by molar-refractivity contribution is -0.274. The Bertz CT molecular complexity index is 788. The summed E-state index contributed by atoms with van der Waals surface area (Å²) < 4.78 is 40.2. The number of hydrogen-bond donors (Lipinski definition) is 2. The van der Waals surface area contributed by atoms with Crippen LogP contribution in [-0.4, -0.2) is 18.3 Å². The second kappa shape index (κ2) is 7.27. The average Bonchev–Trinajstić information content (AvgIpc) is 3.03. The minimum Gasteiger partial charge on any atom is -0.406 e. The number of anilines is 2. The Morgan fingerprint density at radius 3 is 2.38 bits per heavy atom. The van der Waals surface area contributed by atoms with Gasteiger partial charge in [-0.2, -0.15) is 0 Å². The minimum absolute atomic E-state index is 0.282. The van der Waals surface area contributed by atoms with E-state index in [2.05, 4.69) is 27.5 Å². The van der Waals surface area contributed by atoms with Gasteiger partial charge in [-0.25, -0.2) is 0 Å². The molecule has 7 heteroatoms. The Morgan fingerprint density at radius 1 is 1.04 bits per heavy atom. The van der Waals surface area contributed by atoms with Crippen molar-refractivity contribution in [2.24, 2.45) is 0 Å². The number of hydrogen-bond acceptors (Lipinski definition) is 3. The van der Waals surface area contributed by atoms with Gasteiger partial charge < -0.3 is 15.4 Å². The predicted molar refractivity (Wildman–Crippen MR) is 93.3 cm³/mol. The highest BCUT2D eigenvalue weighted by Crippen LogP contribution is 2.26. The molecule has 1 amide bonds. The van der Waals surface area contributed by atoms with E-state index < -0.39 is 12.4 Å². The van der Waals surface area contributed by atoms with Crippen LogP contribution in [0, 0.1) is 0 Å². The van der Waals surface area contributed by atoms with Gasteiger partial charge in [0.1, 0.15) is 11.8 Å². The number of benzene rings is 2. The topological polar surface area (TPSA) is 50.4 Å². The van der Waals surface area contributed by atoms with E-state index in [1.807, 2.05) is 6.07 Å². The number of carbonyl (C=O) groups is 1.